The molecule has 3 aromatic heterocycles. The molecule has 0 aliphatic heterocycles. The first-order valence-electron chi connectivity index (χ1n) is 34.1. The Bertz CT molecular complexity index is 5700. The molecular formula is C95H65N5OPt-2. The summed E-state index contributed by atoms with van der Waals surface area (Å²) in [6, 6.07) is 125. The monoisotopic (exact) mass is 1490 g/mol. The molecule has 0 aliphatic rings. The molecule has 0 saturated heterocycles. The second-order valence-corrected chi connectivity index (χ2v) is 26.7. The van der Waals surface area contributed by atoms with E-state index in [0.717, 1.165) is 150 Å². The van der Waals surface area contributed by atoms with Crippen molar-refractivity contribution in [3.63, 3.8) is 0 Å². The number of pyridine rings is 1. The third-order valence-corrected chi connectivity index (χ3v) is 19.1. The summed E-state index contributed by atoms with van der Waals surface area (Å²) in [5, 5.41) is 2.04. The van der Waals surface area contributed by atoms with Crippen LogP contribution < -0.4 is 9.30 Å². The molecule has 102 heavy (non-hydrogen) atoms. The number of aromatic nitrogens is 4. The van der Waals surface area contributed by atoms with Gasteiger partial charge in [0.15, 0.2) is 0 Å². The van der Waals surface area contributed by atoms with Gasteiger partial charge in [0.1, 0.15) is 5.82 Å². The summed E-state index contributed by atoms with van der Waals surface area (Å²) in [6.45, 7) is 15.3. The number of hydrogen-bond acceptors (Lipinski definition) is 2. The number of fused-ring (bicyclic) bond motifs is 4. The Balaban J connectivity index is 0.00000805. The summed E-state index contributed by atoms with van der Waals surface area (Å²) in [5.41, 5.74) is 26.2. The maximum Gasteiger partial charge on any atom is 0.268 e. The molecule has 0 amide bonds. The van der Waals surface area contributed by atoms with Crippen molar-refractivity contribution >= 4 is 38.5 Å². The van der Waals surface area contributed by atoms with Crippen LogP contribution in [0.3, 0.4) is 0 Å². The zero-order chi connectivity index (χ0) is 68.0. The number of nitrogens with zero attached hydrogens (tertiary/aromatic N) is 5. The van der Waals surface area contributed by atoms with Crippen LogP contribution in [0.15, 0.2) is 340 Å². The van der Waals surface area contributed by atoms with Crippen molar-refractivity contribution in [1.82, 2.24) is 14.1 Å². The minimum atomic E-state index is -0.140. The van der Waals surface area contributed by atoms with Crippen molar-refractivity contribution in [2.24, 2.45) is 0 Å². The quantitative estimate of drug-likeness (QED) is 0.0804. The average Bonchev–Trinajstić information content (AvgIpc) is 1.54. The number of hydrogen-bond donors (Lipinski definition) is 0. The first kappa shape index (κ1) is 64.2. The Labute approximate surface area is 609 Å². The van der Waals surface area contributed by atoms with Gasteiger partial charge in [0.25, 0.3) is 6.33 Å². The Morgan fingerprint density at radius 2 is 0.833 bits per heavy atom. The van der Waals surface area contributed by atoms with Crippen molar-refractivity contribution in [2.75, 3.05) is 0 Å². The molecule has 0 bridgehead atoms. The number of para-hydroxylation sites is 3. The molecule has 0 fully saturated rings. The molecule has 0 N–H and O–H groups in total. The minimum Gasteiger partial charge on any atom is -0.511 e. The van der Waals surface area contributed by atoms with Gasteiger partial charge in [-0.25, -0.2) is 4.98 Å². The van der Waals surface area contributed by atoms with Crippen LogP contribution in [-0.2, 0) is 26.5 Å². The van der Waals surface area contributed by atoms with Crippen LogP contribution in [0.2, 0.25) is 0 Å². The van der Waals surface area contributed by atoms with Crippen molar-refractivity contribution < 1.29 is 30.4 Å². The third kappa shape index (κ3) is 12.5. The fraction of sp³-hybridized carbons (Fsp3) is 0.0421. The molecule has 14 aromatic carbocycles. The van der Waals surface area contributed by atoms with Gasteiger partial charge >= 0.3 is 0 Å². The van der Waals surface area contributed by atoms with Gasteiger partial charge in [-0.1, -0.05) is 269 Å². The minimum absolute atomic E-state index is 0. The van der Waals surface area contributed by atoms with Gasteiger partial charge in [0.05, 0.1) is 29.0 Å². The fourth-order valence-corrected chi connectivity index (χ4v) is 14.1. The van der Waals surface area contributed by atoms with Gasteiger partial charge in [0.2, 0.25) is 0 Å². The van der Waals surface area contributed by atoms with Gasteiger partial charge in [-0.2, -0.15) is 12.1 Å². The first-order valence-corrected chi connectivity index (χ1v) is 34.1. The molecule has 0 spiro atoms. The Morgan fingerprint density at radius 1 is 0.382 bits per heavy atom. The molecule has 0 atom stereocenters. The van der Waals surface area contributed by atoms with Crippen molar-refractivity contribution in [3.8, 4) is 129 Å². The van der Waals surface area contributed by atoms with E-state index in [1.54, 1.807) is 6.07 Å². The summed E-state index contributed by atoms with van der Waals surface area (Å²) in [7, 11) is 0. The summed E-state index contributed by atoms with van der Waals surface area (Å²) < 4.78 is 13.4. The van der Waals surface area contributed by atoms with E-state index in [2.05, 4.69) is 363 Å². The fourth-order valence-electron chi connectivity index (χ4n) is 14.1. The second-order valence-electron chi connectivity index (χ2n) is 26.7. The van der Waals surface area contributed by atoms with Gasteiger partial charge in [0, 0.05) is 38.5 Å². The summed E-state index contributed by atoms with van der Waals surface area (Å²) in [4.78, 5) is 9.14. The van der Waals surface area contributed by atoms with Crippen LogP contribution in [0.4, 0.5) is 5.69 Å². The van der Waals surface area contributed by atoms with Gasteiger partial charge in [-0.05, 0) is 195 Å². The topological polar surface area (TPSA) is 40.2 Å². The first-order chi connectivity index (χ1) is 49.6. The number of imidazole rings is 1. The Hall–Kier alpha value is -12.5. The predicted molar refractivity (Wildman–Crippen MR) is 414 cm³/mol. The maximum atomic E-state index is 8.60. The molecule has 17 rings (SSSR count). The van der Waals surface area contributed by atoms with Crippen LogP contribution in [0, 0.1) is 25.0 Å². The molecule has 0 aliphatic carbocycles. The molecule has 7 heteroatoms. The van der Waals surface area contributed by atoms with E-state index in [1.165, 1.54) is 0 Å². The number of ether oxygens (including phenoxy) is 1. The zero-order valence-electron chi connectivity index (χ0n) is 56.3. The molecule has 488 valence electrons. The van der Waals surface area contributed by atoms with Crippen molar-refractivity contribution in [3.05, 3.63) is 375 Å². The van der Waals surface area contributed by atoms with E-state index < -0.39 is 0 Å². The number of benzene rings is 14. The molecule has 0 unspecified atom stereocenters. The molecule has 0 saturated carbocycles. The van der Waals surface area contributed by atoms with E-state index in [4.69, 9.17) is 16.3 Å². The molecule has 0 radical (unpaired) electrons. The summed E-state index contributed by atoms with van der Waals surface area (Å²) >= 11 is 0. The summed E-state index contributed by atoms with van der Waals surface area (Å²) in [5.74, 6) is 1.58. The second kappa shape index (κ2) is 27.3. The maximum absolute atomic E-state index is 8.60. The SMILES string of the molecule is [C-]#[N+]c1cc(Oc2[c-]c3c(cc2)c2cc(-c4cc(-c5ccccc5)cc(-c5ccccc5)c4)ccc2n3-c2cc(C(C)(C)C)ccn2)[c-]c(-n2[c-][n+](-c3c(-c4cc(-c5ccccc5)cc(-c5ccccc5)c4)cccc3-c3cc(-c4ccccc4)cc(-c4ccccc4)c3)c3ccccc32)c1.[Pt]. The van der Waals surface area contributed by atoms with Crippen LogP contribution in [-0.4, -0.2) is 14.1 Å². The predicted octanol–water partition coefficient (Wildman–Crippen LogP) is 24.4. The van der Waals surface area contributed by atoms with Crippen LogP contribution in [0.25, 0.3) is 155 Å². The zero-order valence-corrected chi connectivity index (χ0v) is 58.6. The van der Waals surface area contributed by atoms with Gasteiger partial charge in [-0.3, -0.25) is 9.41 Å². The van der Waals surface area contributed by atoms with E-state index in [1.807, 2.05) is 29.0 Å². The smallest absolute Gasteiger partial charge is 0.268 e. The van der Waals surface area contributed by atoms with Crippen LogP contribution >= 0.6 is 0 Å². The average molecular weight is 1490 g/mol. The summed E-state index contributed by atoms with van der Waals surface area (Å²) in [6.07, 6.45) is 5.81. The molecule has 17 aromatic rings. The Kier molecular flexibility index (Phi) is 17.2. The molecular weight excluding hydrogens is 1420 g/mol. The standard InChI is InChI=1S/C95H65N5O.Pt/c1-95(2,3)80-46-47-97-93(58-80)100-89-45-42-70(77-51-71(64-26-11-5-12-27-64)48-72(52-77)65-28-13-6-14-29-65)57-88(89)87-44-43-83(62-92(87)100)101-84-60-81(96-4)59-82(61-84)98-63-99(91-41-24-23-40-90(91)98)94-85(78-53-73(66-30-15-7-16-31-66)49-74(54-78)67-32-17-8-18-33-67)38-25-39-86(94)79-55-75(68-34-19-9-20-35-68)50-76(56-79)69-36-21-10-22-37-69;/h5-60H,1-3H3;/q-2;. The van der Waals surface area contributed by atoms with E-state index in [9.17, 15) is 0 Å². The van der Waals surface area contributed by atoms with Gasteiger partial charge in [-0.15, -0.1) is 29.7 Å². The van der Waals surface area contributed by atoms with E-state index >= 15 is 0 Å². The molecule has 3 heterocycles. The van der Waals surface area contributed by atoms with Crippen molar-refractivity contribution in [2.45, 2.75) is 26.2 Å². The Morgan fingerprint density at radius 3 is 1.30 bits per heavy atom. The third-order valence-electron chi connectivity index (χ3n) is 19.1. The van der Waals surface area contributed by atoms with E-state index in [-0.39, 0.29) is 26.5 Å². The number of rotatable bonds is 14. The van der Waals surface area contributed by atoms with Crippen LogP contribution in [0.1, 0.15) is 26.3 Å². The molecule has 6 nitrogen and oxygen atoms in total. The van der Waals surface area contributed by atoms with Gasteiger partial charge < -0.3 is 13.9 Å². The van der Waals surface area contributed by atoms with E-state index in [0.29, 0.717) is 22.9 Å². The van der Waals surface area contributed by atoms with Crippen LogP contribution in [0.5, 0.6) is 11.5 Å². The van der Waals surface area contributed by atoms with Crippen molar-refractivity contribution in [1.29, 1.82) is 0 Å². The largest absolute Gasteiger partial charge is 0.511 e. The normalized spacial score (nSPS) is 11.4.